The van der Waals surface area contributed by atoms with Crippen molar-refractivity contribution in [1.29, 1.82) is 0 Å². The lowest BCUT2D eigenvalue weighted by Gasteiger charge is -2.32. The summed E-state index contributed by atoms with van der Waals surface area (Å²) < 4.78 is 1.06. The second-order valence-corrected chi connectivity index (χ2v) is 6.59. The quantitative estimate of drug-likeness (QED) is 0.758. The molecule has 0 amide bonds. The van der Waals surface area contributed by atoms with Crippen LogP contribution in [0, 0.1) is 5.41 Å². The fraction of sp³-hybridized carbons (Fsp3) is 0.429. The number of aliphatic hydroxyl groups excluding tert-OH is 1. The molecule has 0 aliphatic heterocycles. The number of hydrogen-bond donors (Lipinski definition) is 2. The zero-order valence-electron chi connectivity index (χ0n) is 10.0. The first-order chi connectivity index (χ1) is 7.98. The number of nitrogens with one attached hydrogen (secondary N) is 1. The van der Waals surface area contributed by atoms with Gasteiger partial charge in [-0.1, -0.05) is 26.0 Å². The van der Waals surface area contributed by atoms with E-state index < -0.39 is 0 Å². The minimum absolute atomic E-state index is 0.166. The molecule has 0 saturated heterocycles. The highest BCUT2D eigenvalue weighted by molar-refractivity contribution is 9.10. The van der Waals surface area contributed by atoms with Crippen molar-refractivity contribution in [1.82, 2.24) is 4.98 Å². The summed E-state index contributed by atoms with van der Waals surface area (Å²) in [5.41, 5.74) is 3.56. The highest BCUT2D eigenvalue weighted by Gasteiger charge is 2.33. The van der Waals surface area contributed by atoms with Gasteiger partial charge in [0.2, 0.25) is 0 Å². The highest BCUT2D eigenvalue weighted by atomic mass is 79.9. The maximum absolute atomic E-state index is 10.3. The van der Waals surface area contributed by atoms with Crippen LogP contribution < -0.4 is 0 Å². The van der Waals surface area contributed by atoms with Crippen molar-refractivity contribution in [2.24, 2.45) is 5.41 Å². The summed E-state index contributed by atoms with van der Waals surface area (Å²) in [4.78, 5) is 3.46. The molecule has 1 aliphatic carbocycles. The highest BCUT2D eigenvalue weighted by Crippen LogP contribution is 2.44. The van der Waals surface area contributed by atoms with Crippen molar-refractivity contribution >= 4 is 26.8 Å². The van der Waals surface area contributed by atoms with Crippen LogP contribution in [0.1, 0.15) is 37.6 Å². The second kappa shape index (κ2) is 3.59. The van der Waals surface area contributed by atoms with E-state index in [1.807, 2.05) is 12.1 Å². The molecule has 3 rings (SSSR count). The molecule has 0 fully saturated rings. The van der Waals surface area contributed by atoms with Crippen LogP contribution in [0.4, 0.5) is 0 Å². The van der Waals surface area contributed by atoms with Gasteiger partial charge in [0, 0.05) is 21.1 Å². The lowest BCUT2D eigenvalue weighted by Crippen LogP contribution is -2.25. The van der Waals surface area contributed by atoms with Gasteiger partial charge in [0.05, 0.1) is 11.6 Å². The maximum atomic E-state index is 10.3. The van der Waals surface area contributed by atoms with E-state index in [-0.39, 0.29) is 11.5 Å². The molecule has 0 bridgehead atoms. The van der Waals surface area contributed by atoms with Crippen molar-refractivity contribution in [2.45, 2.75) is 32.8 Å². The topological polar surface area (TPSA) is 36.0 Å². The summed E-state index contributed by atoms with van der Waals surface area (Å²) in [6, 6.07) is 6.13. The standard InChI is InChI=1S/C14H16BrNO/c1-14(2)6-10-12(11(17)7-14)8-4-3-5-9(15)13(8)16-10/h3-5,11,16-17H,6-7H2,1-2H3. The predicted molar refractivity (Wildman–Crippen MR) is 73.1 cm³/mol. The summed E-state index contributed by atoms with van der Waals surface area (Å²) in [6.45, 7) is 4.42. The molecular formula is C14H16BrNO. The number of halogens is 1. The van der Waals surface area contributed by atoms with E-state index in [9.17, 15) is 5.11 Å². The second-order valence-electron chi connectivity index (χ2n) is 5.74. The summed E-state index contributed by atoms with van der Waals surface area (Å²) in [5.74, 6) is 0. The van der Waals surface area contributed by atoms with E-state index >= 15 is 0 Å². The molecule has 2 nitrogen and oxygen atoms in total. The minimum Gasteiger partial charge on any atom is -0.388 e. The molecule has 1 atom stereocenters. The summed E-state index contributed by atoms with van der Waals surface area (Å²) >= 11 is 3.56. The first kappa shape index (κ1) is 11.3. The zero-order valence-corrected chi connectivity index (χ0v) is 11.6. The molecule has 1 aromatic carbocycles. The zero-order chi connectivity index (χ0) is 12.2. The van der Waals surface area contributed by atoms with Crippen molar-refractivity contribution in [2.75, 3.05) is 0 Å². The SMILES string of the molecule is CC1(C)Cc2[nH]c3c(Br)cccc3c2C(O)C1. The Morgan fingerprint density at radius 3 is 2.94 bits per heavy atom. The summed E-state index contributed by atoms with van der Waals surface area (Å²) in [6.07, 6.45) is 1.48. The van der Waals surface area contributed by atoms with Crippen LogP contribution >= 0.6 is 15.9 Å². The van der Waals surface area contributed by atoms with Gasteiger partial charge in [-0.05, 0) is 40.3 Å². The number of fused-ring (bicyclic) bond motifs is 3. The fourth-order valence-corrected chi connectivity index (χ4v) is 3.42. The molecule has 1 aliphatic rings. The van der Waals surface area contributed by atoms with Gasteiger partial charge in [-0.25, -0.2) is 0 Å². The molecule has 1 unspecified atom stereocenters. The molecule has 17 heavy (non-hydrogen) atoms. The van der Waals surface area contributed by atoms with E-state index in [0.717, 1.165) is 33.8 Å². The van der Waals surface area contributed by atoms with E-state index in [0.29, 0.717) is 0 Å². The Morgan fingerprint density at radius 2 is 2.18 bits per heavy atom. The van der Waals surface area contributed by atoms with E-state index in [1.54, 1.807) is 0 Å². The molecule has 90 valence electrons. The molecule has 1 aromatic heterocycles. The van der Waals surface area contributed by atoms with Crippen LogP contribution in [0.2, 0.25) is 0 Å². The van der Waals surface area contributed by atoms with Crippen LogP contribution in [-0.4, -0.2) is 10.1 Å². The Hall–Kier alpha value is -0.800. The van der Waals surface area contributed by atoms with Gasteiger partial charge in [0.15, 0.2) is 0 Å². The van der Waals surface area contributed by atoms with Crippen molar-refractivity contribution in [3.8, 4) is 0 Å². The number of rotatable bonds is 0. The molecule has 0 spiro atoms. The van der Waals surface area contributed by atoms with Gasteiger partial charge >= 0.3 is 0 Å². The summed E-state index contributed by atoms with van der Waals surface area (Å²) in [7, 11) is 0. The molecule has 2 aromatic rings. The van der Waals surface area contributed by atoms with Gasteiger partial charge in [0.1, 0.15) is 0 Å². The molecule has 3 heteroatoms. The number of aromatic nitrogens is 1. The first-order valence-corrected chi connectivity index (χ1v) is 6.74. The van der Waals surface area contributed by atoms with Crippen LogP contribution in [0.3, 0.4) is 0 Å². The third kappa shape index (κ3) is 1.72. The Morgan fingerprint density at radius 1 is 1.41 bits per heavy atom. The molecule has 0 radical (unpaired) electrons. The fourth-order valence-electron chi connectivity index (χ4n) is 2.95. The van der Waals surface area contributed by atoms with E-state index in [4.69, 9.17) is 0 Å². The summed E-state index contributed by atoms with van der Waals surface area (Å²) in [5, 5.41) is 11.5. The Bertz CT molecular complexity index is 585. The Labute approximate surface area is 109 Å². The van der Waals surface area contributed by atoms with Crippen LogP contribution in [0.25, 0.3) is 10.9 Å². The lowest BCUT2D eigenvalue weighted by molar-refractivity contribution is 0.100. The van der Waals surface area contributed by atoms with Crippen molar-refractivity contribution < 1.29 is 5.11 Å². The monoisotopic (exact) mass is 293 g/mol. The minimum atomic E-state index is -0.350. The lowest BCUT2D eigenvalue weighted by atomic mass is 9.75. The average molecular weight is 294 g/mol. The first-order valence-electron chi connectivity index (χ1n) is 5.95. The molecule has 2 N–H and O–H groups in total. The van der Waals surface area contributed by atoms with Crippen molar-refractivity contribution in [3.05, 3.63) is 33.9 Å². The van der Waals surface area contributed by atoms with E-state index in [2.05, 4.69) is 40.8 Å². The van der Waals surface area contributed by atoms with Crippen LogP contribution in [0.15, 0.2) is 22.7 Å². The van der Waals surface area contributed by atoms with Gasteiger partial charge in [-0.2, -0.15) is 0 Å². The van der Waals surface area contributed by atoms with E-state index in [1.165, 1.54) is 5.69 Å². The average Bonchev–Trinajstić information content (AvgIpc) is 2.55. The number of aromatic amines is 1. The number of hydrogen-bond acceptors (Lipinski definition) is 1. The maximum Gasteiger partial charge on any atom is 0.0818 e. The molecule has 1 heterocycles. The van der Waals surface area contributed by atoms with Crippen molar-refractivity contribution in [3.63, 3.8) is 0 Å². The third-order valence-electron chi connectivity index (χ3n) is 3.64. The number of H-pyrrole nitrogens is 1. The van der Waals surface area contributed by atoms with Gasteiger partial charge in [0.25, 0.3) is 0 Å². The number of aliphatic hydroxyl groups is 1. The third-order valence-corrected chi connectivity index (χ3v) is 4.30. The van der Waals surface area contributed by atoms with Crippen LogP contribution in [0.5, 0.6) is 0 Å². The Kier molecular flexibility index (Phi) is 2.39. The number of benzene rings is 1. The molecule has 0 saturated carbocycles. The smallest absolute Gasteiger partial charge is 0.0818 e. The van der Waals surface area contributed by atoms with Gasteiger partial charge < -0.3 is 10.1 Å². The Balaban J connectivity index is 2.28. The van der Waals surface area contributed by atoms with Crippen LogP contribution in [-0.2, 0) is 6.42 Å². The normalized spacial score (nSPS) is 22.7. The largest absolute Gasteiger partial charge is 0.388 e. The van der Waals surface area contributed by atoms with Gasteiger partial charge in [-0.15, -0.1) is 0 Å². The number of para-hydroxylation sites is 1. The predicted octanol–water partition coefficient (Wildman–Crippen LogP) is 3.94. The van der Waals surface area contributed by atoms with Gasteiger partial charge in [-0.3, -0.25) is 0 Å². The molecular weight excluding hydrogens is 278 g/mol.